The molecule has 0 saturated heterocycles. The van der Waals surface area contributed by atoms with Crippen molar-refractivity contribution in [2.24, 2.45) is 0 Å². The van der Waals surface area contributed by atoms with Crippen molar-refractivity contribution in [3.05, 3.63) is 59.4 Å². The van der Waals surface area contributed by atoms with Crippen LogP contribution in [0, 0.1) is 6.92 Å². The third kappa shape index (κ3) is 3.55. The zero-order valence-corrected chi connectivity index (χ0v) is 10.9. The van der Waals surface area contributed by atoms with Crippen LogP contribution in [0.2, 0.25) is 0 Å². The Balaban J connectivity index is 1.93. The molecule has 2 rings (SSSR count). The zero-order valence-electron chi connectivity index (χ0n) is 10.9. The first-order chi connectivity index (χ1) is 9.16. The van der Waals surface area contributed by atoms with Crippen molar-refractivity contribution in [3.8, 4) is 0 Å². The molecule has 4 nitrogen and oxygen atoms in total. The van der Waals surface area contributed by atoms with E-state index in [0.29, 0.717) is 23.5 Å². The number of nitrogens with two attached hydrogens (primary N) is 1. The Kier molecular flexibility index (Phi) is 4.13. The molecular formula is C15H17N3O. The lowest BCUT2D eigenvalue weighted by atomic mass is 10.1. The van der Waals surface area contributed by atoms with Crippen LogP contribution >= 0.6 is 0 Å². The zero-order chi connectivity index (χ0) is 13.7. The van der Waals surface area contributed by atoms with Crippen molar-refractivity contribution in [3.63, 3.8) is 0 Å². The van der Waals surface area contributed by atoms with E-state index in [-0.39, 0.29) is 5.91 Å². The number of amides is 1. The quantitative estimate of drug-likeness (QED) is 0.877. The lowest BCUT2D eigenvalue weighted by Gasteiger charge is -2.08. The van der Waals surface area contributed by atoms with E-state index in [0.717, 1.165) is 6.42 Å². The fourth-order valence-electron chi connectivity index (χ4n) is 1.84. The van der Waals surface area contributed by atoms with Gasteiger partial charge in [-0.15, -0.1) is 0 Å². The van der Waals surface area contributed by atoms with E-state index < -0.39 is 0 Å². The SMILES string of the molecule is Cc1ncc(N)cc1C(=O)NCCc1ccccc1. The van der Waals surface area contributed by atoms with Gasteiger partial charge in [0.15, 0.2) is 0 Å². The summed E-state index contributed by atoms with van der Waals surface area (Å²) in [4.78, 5) is 16.1. The lowest BCUT2D eigenvalue weighted by Crippen LogP contribution is -2.26. The number of aromatic nitrogens is 1. The third-order valence-corrected chi connectivity index (χ3v) is 2.89. The second-order valence-corrected chi connectivity index (χ2v) is 4.39. The second kappa shape index (κ2) is 6.00. The third-order valence-electron chi connectivity index (χ3n) is 2.89. The van der Waals surface area contributed by atoms with Crippen molar-refractivity contribution < 1.29 is 4.79 Å². The highest BCUT2D eigenvalue weighted by Gasteiger charge is 2.09. The van der Waals surface area contributed by atoms with Gasteiger partial charge in [0.1, 0.15) is 0 Å². The molecule has 19 heavy (non-hydrogen) atoms. The summed E-state index contributed by atoms with van der Waals surface area (Å²) in [7, 11) is 0. The summed E-state index contributed by atoms with van der Waals surface area (Å²) in [5.41, 5.74) is 8.56. The molecule has 0 bridgehead atoms. The van der Waals surface area contributed by atoms with Crippen LogP contribution in [0.25, 0.3) is 0 Å². The molecule has 3 N–H and O–H groups in total. The summed E-state index contributed by atoms with van der Waals surface area (Å²) < 4.78 is 0. The normalized spacial score (nSPS) is 10.2. The average molecular weight is 255 g/mol. The number of aryl methyl sites for hydroxylation is 1. The first-order valence-electron chi connectivity index (χ1n) is 6.21. The van der Waals surface area contributed by atoms with E-state index >= 15 is 0 Å². The highest BCUT2D eigenvalue weighted by molar-refractivity contribution is 5.95. The van der Waals surface area contributed by atoms with Crippen molar-refractivity contribution in [1.82, 2.24) is 10.3 Å². The van der Waals surface area contributed by atoms with E-state index in [1.807, 2.05) is 30.3 Å². The molecule has 2 aromatic rings. The van der Waals surface area contributed by atoms with E-state index in [4.69, 9.17) is 5.73 Å². The molecule has 0 aliphatic heterocycles. The number of nitrogen functional groups attached to an aromatic ring is 1. The van der Waals surface area contributed by atoms with Crippen molar-refractivity contribution in [2.45, 2.75) is 13.3 Å². The van der Waals surface area contributed by atoms with Crippen LogP contribution in [0.4, 0.5) is 5.69 Å². The maximum absolute atomic E-state index is 12.0. The fraction of sp³-hybridized carbons (Fsp3) is 0.200. The molecule has 98 valence electrons. The van der Waals surface area contributed by atoms with E-state index in [1.54, 1.807) is 19.2 Å². The number of carbonyl (C=O) groups excluding carboxylic acids is 1. The Morgan fingerprint density at radius 2 is 2.05 bits per heavy atom. The van der Waals surface area contributed by atoms with Gasteiger partial charge in [0.2, 0.25) is 0 Å². The minimum Gasteiger partial charge on any atom is -0.397 e. The molecule has 0 aliphatic rings. The maximum atomic E-state index is 12.0. The topological polar surface area (TPSA) is 68.0 Å². The number of hydrogen-bond donors (Lipinski definition) is 2. The monoisotopic (exact) mass is 255 g/mol. The maximum Gasteiger partial charge on any atom is 0.253 e. The molecule has 1 aromatic carbocycles. The average Bonchev–Trinajstić information content (AvgIpc) is 2.42. The van der Waals surface area contributed by atoms with E-state index in [9.17, 15) is 4.79 Å². The summed E-state index contributed by atoms with van der Waals surface area (Å²) in [5, 5.41) is 2.88. The molecule has 1 aromatic heterocycles. The molecular weight excluding hydrogens is 238 g/mol. The largest absolute Gasteiger partial charge is 0.397 e. The van der Waals surface area contributed by atoms with E-state index in [1.165, 1.54) is 5.56 Å². The molecule has 0 radical (unpaired) electrons. The van der Waals surface area contributed by atoms with Crippen LogP contribution in [0.5, 0.6) is 0 Å². The number of carbonyl (C=O) groups is 1. The first kappa shape index (κ1) is 13.1. The van der Waals surface area contributed by atoms with Crippen LogP contribution < -0.4 is 11.1 Å². The highest BCUT2D eigenvalue weighted by Crippen LogP contribution is 2.09. The van der Waals surface area contributed by atoms with Gasteiger partial charge in [0.05, 0.1) is 23.1 Å². The van der Waals surface area contributed by atoms with Gasteiger partial charge >= 0.3 is 0 Å². The Labute approximate surface area is 112 Å². The van der Waals surface area contributed by atoms with Crippen LogP contribution in [0.3, 0.4) is 0 Å². The molecule has 1 heterocycles. The predicted molar refractivity (Wildman–Crippen MR) is 75.9 cm³/mol. The van der Waals surface area contributed by atoms with Gasteiger partial charge in [-0.25, -0.2) is 0 Å². The number of benzene rings is 1. The molecule has 4 heteroatoms. The van der Waals surface area contributed by atoms with Crippen molar-refractivity contribution >= 4 is 11.6 Å². The standard InChI is InChI=1S/C15H17N3O/c1-11-14(9-13(16)10-18-11)15(19)17-8-7-12-5-3-2-4-6-12/h2-6,9-10H,7-8,16H2,1H3,(H,17,19). The Bertz CT molecular complexity index is 567. The molecule has 0 aliphatic carbocycles. The molecule has 0 spiro atoms. The van der Waals surface area contributed by atoms with Gasteiger partial charge in [-0.2, -0.15) is 0 Å². The molecule has 0 fully saturated rings. The number of rotatable bonds is 4. The Morgan fingerprint density at radius 3 is 2.79 bits per heavy atom. The summed E-state index contributed by atoms with van der Waals surface area (Å²) in [6.07, 6.45) is 2.36. The van der Waals surface area contributed by atoms with Crippen LogP contribution in [0.15, 0.2) is 42.6 Å². The Morgan fingerprint density at radius 1 is 1.32 bits per heavy atom. The van der Waals surface area contributed by atoms with Crippen LogP contribution in [0.1, 0.15) is 21.6 Å². The summed E-state index contributed by atoms with van der Waals surface area (Å²) in [5.74, 6) is -0.131. The second-order valence-electron chi connectivity index (χ2n) is 4.39. The Hall–Kier alpha value is -2.36. The number of pyridine rings is 1. The minimum atomic E-state index is -0.131. The van der Waals surface area contributed by atoms with Crippen molar-refractivity contribution in [2.75, 3.05) is 12.3 Å². The smallest absolute Gasteiger partial charge is 0.253 e. The molecule has 0 atom stereocenters. The predicted octanol–water partition coefficient (Wildman–Crippen LogP) is 1.94. The molecule has 0 saturated carbocycles. The minimum absolute atomic E-state index is 0.131. The van der Waals surface area contributed by atoms with Crippen molar-refractivity contribution in [1.29, 1.82) is 0 Å². The highest BCUT2D eigenvalue weighted by atomic mass is 16.1. The number of nitrogens with one attached hydrogen (secondary N) is 1. The van der Waals surface area contributed by atoms with E-state index in [2.05, 4.69) is 10.3 Å². The number of anilines is 1. The molecule has 1 amide bonds. The summed E-state index contributed by atoms with van der Waals surface area (Å²) >= 11 is 0. The lowest BCUT2D eigenvalue weighted by molar-refractivity contribution is 0.0953. The number of nitrogens with zero attached hydrogens (tertiary/aromatic N) is 1. The van der Waals surface area contributed by atoms with Gasteiger partial charge in [0.25, 0.3) is 5.91 Å². The summed E-state index contributed by atoms with van der Waals surface area (Å²) in [6.45, 7) is 2.39. The van der Waals surface area contributed by atoms with Gasteiger partial charge in [-0.1, -0.05) is 30.3 Å². The first-order valence-corrected chi connectivity index (χ1v) is 6.21. The van der Waals surface area contributed by atoms with Gasteiger partial charge in [-0.05, 0) is 25.0 Å². The number of hydrogen-bond acceptors (Lipinski definition) is 3. The van der Waals surface area contributed by atoms with Gasteiger partial charge in [-0.3, -0.25) is 9.78 Å². The fourth-order valence-corrected chi connectivity index (χ4v) is 1.84. The van der Waals surface area contributed by atoms with Crippen LogP contribution in [-0.2, 0) is 6.42 Å². The van der Waals surface area contributed by atoms with Gasteiger partial charge < -0.3 is 11.1 Å². The van der Waals surface area contributed by atoms with Gasteiger partial charge in [0, 0.05) is 6.54 Å². The molecule has 0 unspecified atom stereocenters. The van der Waals surface area contributed by atoms with Crippen LogP contribution in [-0.4, -0.2) is 17.4 Å². The summed E-state index contributed by atoms with van der Waals surface area (Å²) in [6, 6.07) is 11.7.